The number of ether oxygens (including phenoxy) is 1. The van der Waals surface area contributed by atoms with Crippen molar-refractivity contribution < 1.29 is 9.53 Å². The molecular weight excluding hydrogens is 308 g/mol. The quantitative estimate of drug-likeness (QED) is 0.794. The van der Waals surface area contributed by atoms with Crippen molar-refractivity contribution in [1.82, 2.24) is 4.98 Å². The van der Waals surface area contributed by atoms with Crippen LogP contribution in [0.2, 0.25) is 0 Å². The molecule has 1 amide bonds. The summed E-state index contributed by atoms with van der Waals surface area (Å²) < 4.78 is 5.91. The molecule has 0 radical (unpaired) electrons. The summed E-state index contributed by atoms with van der Waals surface area (Å²) in [6.07, 6.45) is -0.476. The van der Waals surface area contributed by atoms with Crippen LogP contribution in [-0.2, 0) is 4.74 Å². The van der Waals surface area contributed by atoms with E-state index in [9.17, 15) is 4.79 Å². The number of amides is 1. The Hall–Kier alpha value is -1.62. The lowest BCUT2D eigenvalue weighted by molar-refractivity contribution is 0.0636. The van der Waals surface area contributed by atoms with Gasteiger partial charge in [-0.05, 0) is 48.8 Å². The highest BCUT2D eigenvalue weighted by Gasteiger charge is 2.17. The van der Waals surface area contributed by atoms with Crippen molar-refractivity contribution in [2.75, 3.05) is 5.32 Å². The minimum absolute atomic E-state index is 0.476. The van der Waals surface area contributed by atoms with Gasteiger partial charge in [0, 0.05) is 5.39 Å². The number of fused-ring (bicyclic) bond motifs is 1. The first-order chi connectivity index (χ1) is 8.85. The maximum Gasteiger partial charge on any atom is 0.412 e. The van der Waals surface area contributed by atoms with Gasteiger partial charge in [-0.1, -0.05) is 18.2 Å². The summed E-state index contributed by atoms with van der Waals surface area (Å²) in [7, 11) is 0. The van der Waals surface area contributed by atoms with E-state index < -0.39 is 11.7 Å². The molecule has 1 heterocycles. The first-order valence-corrected chi connectivity index (χ1v) is 6.70. The molecule has 0 saturated carbocycles. The van der Waals surface area contributed by atoms with E-state index in [4.69, 9.17) is 4.74 Å². The zero-order valence-electron chi connectivity index (χ0n) is 11.0. The number of hydrogen-bond donors (Lipinski definition) is 1. The van der Waals surface area contributed by atoms with E-state index in [1.807, 2.05) is 45.0 Å². The Kier molecular flexibility index (Phi) is 3.75. The summed E-state index contributed by atoms with van der Waals surface area (Å²) in [5, 5.41) is 3.62. The monoisotopic (exact) mass is 322 g/mol. The van der Waals surface area contributed by atoms with E-state index >= 15 is 0 Å². The lowest BCUT2D eigenvalue weighted by Crippen LogP contribution is -2.27. The Balaban J connectivity index is 2.32. The second-order valence-corrected chi connectivity index (χ2v) is 5.95. The minimum Gasteiger partial charge on any atom is -0.444 e. The van der Waals surface area contributed by atoms with E-state index in [0.717, 1.165) is 10.9 Å². The topological polar surface area (TPSA) is 51.2 Å². The van der Waals surface area contributed by atoms with Crippen molar-refractivity contribution in [3.05, 3.63) is 34.9 Å². The van der Waals surface area contributed by atoms with Crippen molar-refractivity contribution in [2.45, 2.75) is 26.4 Å². The number of anilines is 1. The van der Waals surface area contributed by atoms with Gasteiger partial charge < -0.3 is 4.74 Å². The Labute approximate surface area is 120 Å². The van der Waals surface area contributed by atoms with Gasteiger partial charge in [0.2, 0.25) is 0 Å². The number of aromatic nitrogens is 1. The van der Waals surface area contributed by atoms with E-state index in [2.05, 4.69) is 26.2 Å². The van der Waals surface area contributed by atoms with Gasteiger partial charge in [0.25, 0.3) is 0 Å². The molecule has 0 fully saturated rings. The molecule has 1 aromatic heterocycles. The third-order valence-electron chi connectivity index (χ3n) is 2.32. The predicted octanol–water partition coefficient (Wildman–Crippen LogP) is 4.34. The number of nitrogens with zero attached hydrogens (tertiary/aromatic N) is 1. The van der Waals surface area contributed by atoms with Crippen molar-refractivity contribution in [1.29, 1.82) is 0 Å². The maximum absolute atomic E-state index is 11.8. The van der Waals surface area contributed by atoms with Crippen LogP contribution in [0.15, 0.2) is 34.9 Å². The molecule has 1 aromatic carbocycles. The first-order valence-electron chi connectivity index (χ1n) is 5.90. The smallest absolute Gasteiger partial charge is 0.412 e. The fraction of sp³-hybridized carbons (Fsp3) is 0.286. The number of rotatable bonds is 1. The molecule has 4 nitrogen and oxygen atoms in total. The molecule has 2 aromatic rings. The fourth-order valence-electron chi connectivity index (χ4n) is 1.66. The third kappa shape index (κ3) is 3.67. The van der Waals surface area contributed by atoms with Gasteiger partial charge in [0.05, 0.1) is 11.2 Å². The number of carbonyl (C=O) groups excluding carboxylic acids is 1. The van der Waals surface area contributed by atoms with Gasteiger partial charge >= 0.3 is 6.09 Å². The highest BCUT2D eigenvalue weighted by atomic mass is 79.9. The summed E-state index contributed by atoms with van der Waals surface area (Å²) in [6, 6.07) is 9.35. The van der Waals surface area contributed by atoms with Gasteiger partial charge in [-0.3, -0.25) is 5.32 Å². The molecular formula is C14H15BrN2O2. The van der Waals surface area contributed by atoms with Crippen LogP contribution in [0.3, 0.4) is 0 Å². The second-order valence-electron chi connectivity index (χ2n) is 5.14. The van der Waals surface area contributed by atoms with E-state index in [-0.39, 0.29) is 0 Å². The maximum atomic E-state index is 11.8. The normalized spacial score (nSPS) is 11.4. The number of hydrogen-bond acceptors (Lipinski definition) is 3. The average molecular weight is 323 g/mol. The van der Waals surface area contributed by atoms with Gasteiger partial charge in [0.1, 0.15) is 10.2 Å². The molecule has 0 aliphatic carbocycles. The largest absolute Gasteiger partial charge is 0.444 e. The third-order valence-corrected chi connectivity index (χ3v) is 2.73. The standard InChI is InChI=1S/C14H15BrN2O2/c1-14(2,3)19-13(18)17-11-8-12(15)16-10-7-5-4-6-9(10)11/h4-8H,1-3H3,(H,16,17,18). The molecule has 100 valence electrons. The van der Waals surface area contributed by atoms with E-state index in [1.54, 1.807) is 6.07 Å². The van der Waals surface area contributed by atoms with Gasteiger partial charge in [0.15, 0.2) is 0 Å². The highest BCUT2D eigenvalue weighted by molar-refractivity contribution is 9.10. The summed E-state index contributed by atoms with van der Waals surface area (Å²) in [5.74, 6) is 0. The molecule has 2 rings (SSSR count). The molecule has 19 heavy (non-hydrogen) atoms. The lowest BCUT2D eigenvalue weighted by Gasteiger charge is -2.20. The molecule has 0 unspecified atom stereocenters. The fourth-order valence-corrected chi connectivity index (χ4v) is 2.08. The van der Waals surface area contributed by atoms with Crippen LogP contribution >= 0.6 is 15.9 Å². The Bertz CT molecular complexity index is 620. The molecule has 1 N–H and O–H groups in total. The Morgan fingerprint density at radius 3 is 2.68 bits per heavy atom. The van der Waals surface area contributed by atoms with Crippen molar-refractivity contribution in [2.24, 2.45) is 0 Å². The Morgan fingerprint density at radius 1 is 1.32 bits per heavy atom. The number of pyridine rings is 1. The van der Waals surface area contributed by atoms with Crippen LogP contribution in [0.1, 0.15) is 20.8 Å². The van der Waals surface area contributed by atoms with Crippen molar-refractivity contribution >= 4 is 38.6 Å². The van der Waals surface area contributed by atoms with Crippen LogP contribution in [0, 0.1) is 0 Å². The summed E-state index contributed by atoms with van der Waals surface area (Å²) in [6.45, 7) is 5.48. The second kappa shape index (κ2) is 5.17. The van der Waals surface area contributed by atoms with Gasteiger partial charge in [-0.25, -0.2) is 9.78 Å². The van der Waals surface area contributed by atoms with Gasteiger partial charge in [-0.2, -0.15) is 0 Å². The van der Waals surface area contributed by atoms with E-state index in [1.165, 1.54) is 0 Å². The number of halogens is 1. The zero-order chi connectivity index (χ0) is 14.0. The minimum atomic E-state index is -0.524. The van der Waals surface area contributed by atoms with Crippen LogP contribution in [-0.4, -0.2) is 16.7 Å². The summed E-state index contributed by atoms with van der Waals surface area (Å²) >= 11 is 3.33. The SMILES string of the molecule is CC(C)(C)OC(=O)Nc1cc(Br)nc2ccccc12. The van der Waals surface area contributed by atoms with E-state index in [0.29, 0.717) is 10.3 Å². The van der Waals surface area contributed by atoms with Crippen LogP contribution in [0.25, 0.3) is 10.9 Å². The van der Waals surface area contributed by atoms with Crippen LogP contribution < -0.4 is 5.32 Å². The van der Waals surface area contributed by atoms with Crippen molar-refractivity contribution in [3.63, 3.8) is 0 Å². The molecule has 5 heteroatoms. The Morgan fingerprint density at radius 2 is 2.00 bits per heavy atom. The molecule has 0 atom stereocenters. The number of carbonyl (C=O) groups is 1. The zero-order valence-corrected chi connectivity index (χ0v) is 12.6. The molecule has 0 saturated heterocycles. The molecule has 0 spiro atoms. The average Bonchev–Trinajstić information content (AvgIpc) is 2.25. The predicted molar refractivity (Wildman–Crippen MR) is 79.3 cm³/mol. The van der Waals surface area contributed by atoms with Crippen LogP contribution in [0.4, 0.5) is 10.5 Å². The number of nitrogens with one attached hydrogen (secondary N) is 1. The number of para-hydroxylation sites is 1. The van der Waals surface area contributed by atoms with Crippen LogP contribution in [0.5, 0.6) is 0 Å². The first kappa shape index (κ1) is 13.8. The molecule has 0 aliphatic rings. The summed E-state index contributed by atoms with van der Waals surface area (Å²) in [5.41, 5.74) is 0.958. The summed E-state index contributed by atoms with van der Waals surface area (Å²) in [4.78, 5) is 16.2. The highest BCUT2D eigenvalue weighted by Crippen LogP contribution is 2.25. The van der Waals surface area contributed by atoms with Crippen molar-refractivity contribution in [3.8, 4) is 0 Å². The molecule has 0 aliphatic heterocycles. The molecule has 0 bridgehead atoms. The lowest BCUT2D eigenvalue weighted by atomic mass is 10.2. The number of benzene rings is 1. The van der Waals surface area contributed by atoms with Gasteiger partial charge in [-0.15, -0.1) is 0 Å².